The highest BCUT2D eigenvalue weighted by molar-refractivity contribution is 7.89. The van der Waals surface area contributed by atoms with Gasteiger partial charge in [0.05, 0.1) is 23.2 Å². The number of carbonyl (C=O) groups excluding carboxylic acids is 1. The van der Waals surface area contributed by atoms with Crippen molar-refractivity contribution in [1.29, 1.82) is 0 Å². The number of amides is 1. The van der Waals surface area contributed by atoms with Crippen molar-refractivity contribution >= 4 is 21.6 Å². The Labute approximate surface area is 146 Å². The van der Waals surface area contributed by atoms with Crippen LogP contribution in [0.2, 0.25) is 0 Å². The number of pyridine rings is 1. The molecule has 1 aliphatic rings. The van der Waals surface area contributed by atoms with Gasteiger partial charge >= 0.3 is 0 Å². The van der Waals surface area contributed by atoms with Gasteiger partial charge in [-0.05, 0) is 43.3 Å². The van der Waals surface area contributed by atoms with Crippen LogP contribution in [0.1, 0.15) is 17.3 Å². The number of ether oxygens (including phenoxy) is 1. The van der Waals surface area contributed by atoms with Crippen LogP contribution >= 0.6 is 0 Å². The van der Waals surface area contributed by atoms with E-state index in [4.69, 9.17) is 4.74 Å². The Morgan fingerprint density at radius 2 is 2.04 bits per heavy atom. The highest BCUT2D eigenvalue weighted by atomic mass is 32.2. The summed E-state index contributed by atoms with van der Waals surface area (Å²) >= 11 is 0. The molecule has 0 saturated carbocycles. The van der Waals surface area contributed by atoms with Crippen molar-refractivity contribution in [1.82, 2.24) is 9.29 Å². The molecule has 132 valence electrons. The summed E-state index contributed by atoms with van der Waals surface area (Å²) in [6.45, 7) is 2.91. The third-order valence-electron chi connectivity index (χ3n) is 3.88. The Morgan fingerprint density at radius 1 is 1.28 bits per heavy atom. The molecule has 0 bridgehead atoms. The van der Waals surface area contributed by atoms with E-state index in [1.165, 1.54) is 22.6 Å². The van der Waals surface area contributed by atoms with Gasteiger partial charge in [-0.3, -0.25) is 9.78 Å². The molecule has 2 aromatic rings. The first-order valence-electron chi connectivity index (χ1n) is 7.90. The monoisotopic (exact) mass is 361 g/mol. The zero-order valence-electron chi connectivity index (χ0n) is 13.8. The van der Waals surface area contributed by atoms with E-state index in [0.717, 1.165) is 0 Å². The number of anilines is 1. The smallest absolute Gasteiger partial charge is 0.257 e. The van der Waals surface area contributed by atoms with Crippen LogP contribution in [0.25, 0.3) is 0 Å². The third-order valence-corrected chi connectivity index (χ3v) is 5.76. The van der Waals surface area contributed by atoms with Gasteiger partial charge in [-0.15, -0.1) is 0 Å². The highest BCUT2D eigenvalue weighted by Gasteiger charge is 2.29. The summed E-state index contributed by atoms with van der Waals surface area (Å²) in [5.41, 5.74) is 0.949. The average Bonchev–Trinajstić information content (AvgIpc) is 2.63. The van der Waals surface area contributed by atoms with Gasteiger partial charge in [0.25, 0.3) is 5.91 Å². The molecule has 1 fully saturated rings. The summed E-state index contributed by atoms with van der Waals surface area (Å²) in [4.78, 5) is 16.2. The van der Waals surface area contributed by atoms with Crippen LogP contribution in [-0.4, -0.2) is 49.4 Å². The fourth-order valence-electron chi connectivity index (χ4n) is 2.56. The lowest BCUT2D eigenvalue weighted by atomic mass is 10.2. The molecular weight excluding hydrogens is 342 g/mol. The first-order chi connectivity index (χ1) is 12.0. The second-order valence-corrected chi connectivity index (χ2v) is 7.70. The van der Waals surface area contributed by atoms with E-state index in [1.54, 1.807) is 30.5 Å². The van der Waals surface area contributed by atoms with E-state index in [9.17, 15) is 13.2 Å². The largest absolute Gasteiger partial charge is 0.376 e. The summed E-state index contributed by atoms with van der Waals surface area (Å²) in [7, 11) is -3.56. The molecule has 8 heteroatoms. The van der Waals surface area contributed by atoms with Gasteiger partial charge < -0.3 is 10.1 Å². The van der Waals surface area contributed by atoms with Gasteiger partial charge in [-0.2, -0.15) is 4.31 Å². The van der Waals surface area contributed by atoms with Crippen molar-refractivity contribution < 1.29 is 17.9 Å². The van der Waals surface area contributed by atoms with Crippen molar-refractivity contribution in [2.75, 3.05) is 25.0 Å². The Morgan fingerprint density at radius 3 is 2.68 bits per heavy atom. The Balaban J connectivity index is 1.72. The molecule has 1 unspecified atom stereocenters. The van der Waals surface area contributed by atoms with Crippen molar-refractivity contribution in [2.24, 2.45) is 0 Å². The van der Waals surface area contributed by atoms with Crippen LogP contribution in [0.3, 0.4) is 0 Å². The summed E-state index contributed by atoms with van der Waals surface area (Å²) < 4.78 is 32.1. The van der Waals surface area contributed by atoms with Crippen molar-refractivity contribution in [3.63, 3.8) is 0 Å². The molecule has 1 N–H and O–H groups in total. The van der Waals surface area contributed by atoms with Gasteiger partial charge in [0.15, 0.2) is 0 Å². The number of sulfonamides is 1. The predicted molar refractivity (Wildman–Crippen MR) is 92.8 cm³/mol. The van der Waals surface area contributed by atoms with E-state index in [-0.39, 0.29) is 16.9 Å². The standard InChI is InChI=1S/C17H19N3O4S/c1-13-12-20(9-10-24-13)25(22,23)16-6-4-15(5-7-16)19-17(21)14-3-2-8-18-11-14/h2-8,11,13H,9-10,12H2,1H3,(H,19,21). The number of hydrogen-bond donors (Lipinski definition) is 1. The first kappa shape index (κ1) is 17.5. The maximum atomic E-state index is 12.7. The van der Waals surface area contributed by atoms with Gasteiger partial charge in [-0.1, -0.05) is 0 Å². The lowest BCUT2D eigenvalue weighted by Crippen LogP contribution is -2.44. The number of aromatic nitrogens is 1. The molecule has 0 aliphatic carbocycles. The van der Waals surface area contributed by atoms with E-state index in [0.29, 0.717) is 30.9 Å². The fourth-order valence-corrected chi connectivity index (χ4v) is 4.06. The molecule has 1 amide bonds. The molecule has 1 aliphatic heterocycles. The van der Waals surface area contributed by atoms with E-state index in [2.05, 4.69) is 10.3 Å². The zero-order chi connectivity index (χ0) is 17.9. The fraction of sp³-hybridized carbons (Fsp3) is 0.294. The summed E-state index contributed by atoms with van der Waals surface area (Å²) in [6.07, 6.45) is 2.93. The van der Waals surface area contributed by atoms with Gasteiger partial charge in [0.1, 0.15) is 0 Å². The normalized spacial score (nSPS) is 18.7. The molecule has 1 aromatic carbocycles. The van der Waals surface area contributed by atoms with Crippen LogP contribution in [0, 0.1) is 0 Å². The number of hydrogen-bond acceptors (Lipinski definition) is 5. The van der Waals surface area contributed by atoms with Crippen LogP contribution < -0.4 is 5.32 Å². The highest BCUT2D eigenvalue weighted by Crippen LogP contribution is 2.21. The molecule has 7 nitrogen and oxygen atoms in total. The molecule has 1 aromatic heterocycles. The second kappa shape index (κ2) is 7.30. The number of nitrogens with one attached hydrogen (secondary N) is 1. The summed E-state index contributed by atoms with van der Waals surface area (Å²) in [6, 6.07) is 9.47. The molecule has 0 spiro atoms. The third kappa shape index (κ3) is 4.04. The molecule has 2 heterocycles. The Hall–Kier alpha value is -2.29. The molecule has 0 radical (unpaired) electrons. The lowest BCUT2D eigenvalue weighted by Gasteiger charge is -2.30. The minimum Gasteiger partial charge on any atom is -0.376 e. The van der Waals surface area contributed by atoms with Gasteiger partial charge in [-0.25, -0.2) is 8.42 Å². The van der Waals surface area contributed by atoms with E-state index >= 15 is 0 Å². The number of benzene rings is 1. The van der Waals surface area contributed by atoms with Gasteiger partial charge in [0.2, 0.25) is 10.0 Å². The van der Waals surface area contributed by atoms with Crippen LogP contribution in [-0.2, 0) is 14.8 Å². The molecule has 1 saturated heterocycles. The van der Waals surface area contributed by atoms with Crippen molar-refractivity contribution in [3.8, 4) is 0 Å². The SMILES string of the molecule is CC1CN(S(=O)(=O)c2ccc(NC(=O)c3cccnc3)cc2)CCO1. The van der Waals surface area contributed by atoms with Crippen LogP contribution in [0.4, 0.5) is 5.69 Å². The first-order valence-corrected chi connectivity index (χ1v) is 9.34. The van der Waals surface area contributed by atoms with E-state index in [1.807, 2.05) is 6.92 Å². The zero-order valence-corrected chi connectivity index (χ0v) is 14.6. The Bertz CT molecular complexity index is 838. The van der Waals surface area contributed by atoms with E-state index < -0.39 is 10.0 Å². The number of morpholine rings is 1. The van der Waals surface area contributed by atoms with Crippen molar-refractivity contribution in [2.45, 2.75) is 17.9 Å². The minimum absolute atomic E-state index is 0.124. The average molecular weight is 361 g/mol. The van der Waals surface area contributed by atoms with Gasteiger partial charge in [0, 0.05) is 31.2 Å². The molecular formula is C17H19N3O4S. The maximum Gasteiger partial charge on any atom is 0.257 e. The lowest BCUT2D eigenvalue weighted by molar-refractivity contribution is 0.0102. The molecule has 25 heavy (non-hydrogen) atoms. The van der Waals surface area contributed by atoms with Crippen LogP contribution in [0.5, 0.6) is 0 Å². The van der Waals surface area contributed by atoms with Crippen LogP contribution in [0.15, 0.2) is 53.7 Å². The summed E-state index contributed by atoms with van der Waals surface area (Å²) in [5.74, 6) is -0.300. The quantitative estimate of drug-likeness (QED) is 0.896. The predicted octanol–water partition coefficient (Wildman–Crippen LogP) is 1.74. The molecule has 3 rings (SSSR count). The number of rotatable bonds is 4. The topological polar surface area (TPSA) is 88.6 Å². The maximum absolute atomic E-state index is 12.7. The number of nitrogens with zero attached hydrogens (tertiary/aromatic N) is 2. The second-order valence-electron chi connectivity index (χ2n) is 5.76. The minimum atomic E-state index is -3.56. The summed E-state index contributed by atoms with van der Waals surface area (Å²) in [5, 5.41) is 2.72. The number of carbonyl (C=O) groups is 1. The van der Waals surface area contributed by atoms with Crippen molar-refractivity contribution in [3.05, 3.63) is 54.4 Å². The Kier molecular flexibility index (Phi) is 5.12. The molecule has 1 atom stereocenters.